The number of fused-ring (bicyclic) bond motifs is 1. The average molecular weight is 378 g/mol. The third-order valence-corrected chi connectivity index (χ3v) is 5.24. The Bertz CT molecular complexity index is 1070. The van der Waals surface area contributed by atoms with E-state index in [9.17, 15) is 22.8 Å². The van der Waals surface area contributed by atoms with E-state index in [1.165, 1.54) is 24.3 Å². The molecule has 0 aliphatic carbocycles. The molecule has 10 nitrogen and oxygen atoms in total. The molecular formula is C15H14N4O6S. The van der Waals surface area contributed by atoms with Crippen LogP contribution in [0, 0.1) is 0 Å². The lowest BCUT2D eigenvalue weighted by Crippen LogP contribution is -2.27. The maximum Gasteiger partial charge on any atom is 0.262 e. The first-order valence-electron chi connectivity index (χ1n) is 7.38. The molecule has 0 saturated carbocycles. The van der Waals surface area contributed by atoms with E-state index >= 15 is 0 Å². The van der Waals surface area contributed by atoms with Crippen LogP contribution in [0.2, 0.25) is 0 Å². The number of amides is 2. The molecule has 5 N–H and O–H groups in total. The van der Waals surface area contributed by atoms with Crippen LogP contribution in [0.3, 0.4) is 0 Å². The number of rotatable bonds is 5. The van der Waals surface area contributed by atoms with Gasteiger partial charge < -0.3 is 10.8 Å². The molecule has 3 rings (SSSR count). The van der Waals surface area contributed by atoms with Crippen molar-refractivity contribution in [3.8, 4) is 5.69 Å². The summed E-state index contributed by atoms with van der Waals surface area (Å²) in [5.41, 5.74) is 5.29. The number of aromatic nitrogens is 1. The summed E-state index contributed by atoms with van der Waals surface area (Å²) in [5, 5.41) is 10.8. The van der Waals surface area contributed by atoms with Crippen LogP contribution in [0.4, 0.5) is 5.82 Å². The van der Waals surface area contributed by atoms with Crippen molar-refractivity contribution in [2.75, 3.05) is 18.9 Å². The molecule has 1 aliphatic rings. The molecule has 0 bridgehead atoms. The second-order valence-electron chi connectivity index (χ2n) is 5.39. The lowest BCUT2D eigenvalue weighted by Gasteiger charge is -2.12. The van der Waals surface area contributed by atoms with Gasteiger partial charge in [-0.1, -0.05) is 0 Å². The van der Waals surface area contributed by atoms with E-state index in [1.807, 2.05) is 0 Å². The van der Waals surface area contributed by atoms with Crippen molar-refractivity contribution >= 4 is 27.7 Å². The zero-order valence-corrected chi connectivity index (χ0v) is 14.0. The number of pyridine rings is 1. The smallest absolute Gasteiger partial charge is 0.262 e. The molecule has 11 heteroatoms. The second-order valence-corrected chi connectivity index (χ2v) is 7.16. The minimum atomic E-state index is -3.80. The Hall–Kier alpha value is -3.02. The average Bonchev–Trinajstić information content (AvgIpc) is 2.87. The quantitative estimate of drug-likeness (QED) is 0.464. The molecule has 26 heavy (non-hydrogen) atoms. The normalized spacial score (nSPS) is 13.6. The van der Waals surface area contributed by atoms with Gasteiger partial charge in [0.05, 0.1) is 28.3 Å². The Kier molecular flexibility index (Phi) is 4.36. The van der Waals surface area contributed by atoms with E-state index < -0.39 is 27.4 Å². The number of nitrogens with one attached hydrogen (secondary N) is 2. The fourth-order valence-electron chi connectivity index (χ4n) is 2.58. The largest absolute Gasteiger partial charge is 0.395 e. The lowest BCUT2D eigenvalue weighted by atomic mass is 10.1. The van der Waals surface area contributed by atoms with Gasteiger partial charge in [0, 0.05) is 12.6 Å². The molecule has 2 heterocycles. The van der Waals surface area contributed by atoms with E-state index in [1.54, 1.807) is 0 Å². The highest BCUT2D eigenvalue weighted by atomic mass is 32.2. The Labute approximate surface area is 147 Å². The molecule has 0 saturated heterocycles. The molecule has 2 aromatic rings. The second kappa shape index (κ2) is 6.37. The molecule has 2 amide bonds. The van der Waals surface area contributed by atoms with E-state index in [2.05, 4.69) is 10.0 Å². The molecular weight excluding hydrogens is 364 g/mol. The van der Waals surface area contributed by atoms with Crippen molar-refractivity contribution in [1.82, 2.24) is 14.6 Å². The third kappa shape index (κ3) is 2.87. The summed E-state index contributed by atoms with van der Waals surface area (Å²) in [6, 6.07) is 6.18. The SMILES string of the molecule is Nc1c2c(cc(=O)n1-c1ccc(S(=O)(=O)NCCO)cc1)C(=O)NC2=O. The van der Waals surface area contributed by atoms with Crippen molar-refractivity contribution < 1.29 is 23.1 Å². The number of imide groups is 1. The number of nitrogens with zero attached hydrogens (tertiary/aromatic N) is 1. The molecule has 136 valence electrons. The lowest BCUT2D eigenvalue weighted by molar-refractivity contribution is 0.0880. The zero-order valence-electron chi connectivity index (χ0n) is 13.2. The Morgan fingerprint density at radius 3 is 2.38 bits per heavy atom. The first-order chi connectivity index (χ1) is 12.3. The van der Waals surface area contributed by atoms with Crippen LogP contribution >= 0.6 is 0 Å². The van der Waals surface area contributed by atoms with Gasteiger partial charge in [-0.3, -0.25) is 24.3 Å². The summed E-state index contributed by atoms with van der Waals surface area (Å²) in [6.07, 6.45) is 0. The number of aliphatic hydroxyl groups is 1. The van der Waals surface area contributed by atoms with Crippen molar-refractivity contribution in [2.45, 2.75) is 4.90 Å². The van der Waals surface area contributed by atoms with Gasteiger partial charge in [0.25, 0.3) is 17.4 Å². The predicted molar refractivity (Wildman–Crippen MR) is 90.5 cm³/mol. The summed E-state index contributed by atoms with van der Waals surface area (Å²) in [7, 11) is -3.80. The first-order valence-corrected chi connectivity index (χ1v) is 8.87. The Balaban J connectivity index is 2.07. The van der Waals surface area contributed by atoms with Crippen LogP contribution in [-0.2, 0) is 10.0 Å². The van der Waals surface area contributed by atoms with Gasteiger partial charge in [-0.05, 0) is 24.3 Å². The van der Waals surface area contributed by atoms with Gasteiger partial charge in [-0.15, -0.1) is 0 Å². The summed E-state index contributed by atoms with van der Waals surface area (Å²) in [4.78, 5) is 35.7. The van der Waals surface area contributed by atoms with E-state index in [4.69, 9.17) is 10.8 Å². The third-order valence-electron chi connectivity index (χ3n) is 3.76. The van der Waals surface area contributed by atoms with E-state index in [0.29, 0.717) is 0 Å². The molecule has 0 radical (unpaired) electrons. The molecule has 0 spiro atoms. The van der Waals surface area contributed by atoms with Crippen LogP contribution in [-0.4, -0.2) is 43.1 Å². The van der Waals surface area contributed by atoms with Crippen LogP contribution in [0.1, 0.15) is 20.7 Å². The van der Waals surface area contributed by atoms with E-state index in [-0.39, 0.29) is 40.7 Å². The number of hydrogen-bond donors (Lipinski definition) is 4. The minimum absolute atomic E-state index is 0.0737. The summed E-state index contributed by atoms with van der Waals surface area (Å²) >= 11 is 0. The molecule has 1 aliphatic heterocycles. The number of benzene rings is 1. The molecule has 0 atom stereocenters. The fraction of sp³-hybridized carbons (Fsp3) is 0.133. The van der Waals surface area contributed by atoms with Crippen molar-refractivity contribution in [2.24, 2.45) is 0 Å². The predicted octanol–water partition coefficient (Wildman–Crippen LogP) is -1.43. The molecule has 1 aromatic carbocycles. The summed E-state index contributed by atoms with van der Waals surface area (Å²) < 4.78 is 27.2. The number of anilines is 1. The highest BCUT2D eigenvalue weighted by Crippen LogP contribution is 2.23. The maximum atomic E-state index is 12.3. The van der Waals surface area contributed by atoms with Gasteiger partial charge in [-0.25, -0.2) is 13.1 Å². The monoisotopic (exact) mass is 378 g/mol. The molecule has 1 aromatic heterocycles. The van der Waals surface area contributed by atoms with Gasteiger partial charge in [-0.2, -0.15) is 0 Å². The van der Waals surface area contributed by atoms with Crippen LogP contribution in [0.15, 0.2) is 40.0 Å². The van der Waals surface area contributed by atoms with E-state index in [0.717, 1.165) is 10.6 Å². The standard InChI is InChI=1S/C15H14N4O6S/c16-13-12-10(14(22)18-15(12)23)7-11(21)19(13)8-1-3-9(4-2-8)26(24,25)17-5-6-20/h1-4,7,17,20H,5-6,16H2,(H,18,22,23). The van der Waals surface area contributed by atoms with Crippen molar-refractivity contribution in [1.29, 1.82) is 0 Å². The van der Waals surface area contributed by atoms with Gasteiger partial charge in [0.15, 0.2) is 0 Å². The van der Waals surface area contributed by atoms with Gasteiger partial charge in [0.1, 0.15) is 5.82 Å². The topological polar surface area (TPSA) is 161 Å². The van der Waals surface area contributed by atoms with Crippen molar-refractivity contribution in [3.63, 3.8) is 0 Å². The van der Waals surface area contributed by atoms with Gasteiger partial charge in [0.2, 0.25) is 10.0 Å². The Morgan fingerprint density at radius 2 is 1.77 bits per heavy atom. The highest BCUT2D eigenvalue weighted by molar-refractivity contribution is 7.89. The summed E-state index contributed by atoms with van der Waals surface area (Å²) in [6.45, 7) is -0.483. The van der Waals surface area contributed by atoms with Gasteiger partial charge >= 0.3 is 0 Å². The highest BCUT2D eigenvalue weighted by Gasteiger charge is 2.31. The Morgan fingerprint density at radius 1 is 1.12 bits per heavy atom. The number of hydrogen-bond acceptors (Lipinski definition) is 7. The summed E-state index contributed by atoms with van der Waals surface area (Å²) in [5.74, 6) is -1.62. The molecule has 0 fully saturated rings. The number of carbonyl (C=O) groups is 2. The number of nitrogens with two attached hydrogens (primary N) is 1. The number of nitrogen functional groups attached to an aromatic ring is 1. The number of aliphatic hydroxyl groups excluding tert-OH is 1. The maximum absolute atomic E-state index is 12.3. The van der Waals surface area contributed by atoms with Crippen LogP contribution < -0.4 is 21.3 Å². The fourth-order valence-corrected chi connectivity index (χ4v) is 3.60. The number of sulfonamides is 1. The minimum Gasteiger partial charge on any atom is -0.395 e. The molecule has 0 unspecified atom stereocenters. The van der Waals surface area contributed by atoms with Crippen LogP contribution in [0.5, 0.6) is 0 Å². The van der Waals surface area contributed by atoms with Crippen LogP contribution in [0.25, 0.3) is 5.69 Å². The van der Waals surface area contributed by atoms with Crippen molar-refractivity contribution in [3.05, 3.63) is 51.8 Å². The number of carbonyl (C=O) groups excluding carboxylic acids is 2. The zero-order chi connectivity index (χ0) is 19.1. The first kappa shape index (κ1) is 17.8.